The van der Waals surface area contributed by atoms with Crippen molar-refractivity contribution in [2.75, 3.05) is 20.3 Å². The molecule has 3 aliphatic rings. The van der Waals surface area contributed by atoms with E-state index >= 15 is 0 Å². The van der Waals surface area contributed by atoms with Crippen molar-refractivity contribution < 1.29 is 23.9 Å². The summed E-state index contributed by atoms with van der Waals surface area (Å²) in [5.74, 6) is 1.33. The van der Waals surface area contributed by atoms with Crippen LogP contribution in [0.25, 0.3) is 6.08 Å². The zero-order valence-electron chi connectivity index (χ0n) is 21.3. The fourth-order valence-corrected chi connectivity index (χ4v) is 5.62. The van der Waals surface area contributed by atoms with Crippen LogP contribution in [0.2, 0.25) is 0 Å². The number of nitro benzene ring substituents is 1. The summed E-state index contributed by atoms with van der Waals surface area (Å²) in [5.41, 5.74) is 0.795. The van der Waals surface area contributed by atoms with Crippen molar-refractivity contribution in [1.29, 1.82) is 5.41 Å². The second kappa shape index (κ2) is 11.7. The monoisotopic (exact) mass is 549 g/mol. The molecule has 0 atom stereocenters. The summed E-state index contributed by atoms with van der Waals surface area (Å²) in [6.07, 6.45) is 7.35. The number of ether oxygens (including phenoxy) is 3. The third-order valence-corrected chi connectivity index (χ3v) is 7.65. The number of methoxy groups -OCH3 is 1. The predicted octanol–water partition coefficient (Wildman–Crippen LogP) is 5.26. The highest BCUT2D eigenvalue weighted by Gasteiger charge is 2.38. The van der Waals surface area contributed by atoms with Crippen LogP contribution in [0.5, 0.6) is 17.2 Å². The Balaban J connectivity index is 1.23. The summed E-state index contributed by atoms with van der Waals surface area (Å²) in [6, 6.07) is 11.0. The van der Waals surface area contributed by atoms with E-state index in [-0.39, 0.29) is 30.3 Å². The van der Waals surface area contributed by atoms with Crippen LogP contribution in [0.3, 0.4) is 0 Å². The predicted molar refractivity (Wildman–Crippen MR) is 149 cm³/mol. The molecule has 0 unspecified atom stereocenters. The summed E-state index contributed by atoms with van der Waals surface area (Å²) in [6.45, 7) is 0.429. The minimum Gasteiger partial charge on any atom is -0.493 e. The third kappa shape index (κ3) is 5.95. The maximum absolute atomic E-state index is 12.8. The molecule has 1 fully saturated rings. The number of rotatable bonds is 9. The molecule has 12 heteroatoms. The smallest absolute Gasteiger partial charge is 0.283 e. The van der Waals surface area contributed by atoms with E-state index in [0.29, 0.717) is 33.9 Å². The van der Waals surface area contributed by atoms with E-state index in [1.54, 1.807) is 24.3 Å². The molecule has 1 N–H and O–H groups in total. The Bertz CT molecular complexity index is 1380. The molecule has 2 heterocycles. The summed E-state index contributed by atoms with van der Waals surface area (Å²) in [7, 11) is 1.51. The van der Waals surface area contributed by atoms with E-state index < -0.39 is 10.8 Å². The van der Waals surface area contributed by atoms with Gasteiger partial charge in [-0.15, -0.1) is 0 Å². The van der Waals surface area contributed by atoms with Crippen LogP contribution in [-0.2, 0) is 4.79 Å². The number of thioether (sulfide) groups is 1. The zero-order valence-corrected chi connectivity index (χ0v) is 22.1. The molecule has 2 aromatic rings. The van der Waals surface area contributed by atoms with Crippen molar-refractivity contribution in [3.8, 4) is 17.2 Å². The summed E-state index contributed by atoms with van der Waals surface area (Å²) in [4.78, 5) is 27.3. The molecule has 0 spiro atoms. The van der Waals surface area contributed by atoms with Crippen LogP contribution >= 0.6 is 11.8 Å². The Morgan fingerprint density at radius 1 is 1.10 bits per heavy atom. The summed E-state index contributed by atoms with van der Waals surface area (Å²) in [5, 5.41) is 26.9. The van der Waals surface area contributed by atoms with Crippen LogP contribution < -0.4 is 14.2 Å². The number of amides is 1. The standard InChI is InChI=1S/C27H27N5O6S/c1-36-23-16-17(7-12-22(23)38-14-13-37-20-10-8-19(9-11-20)32(34)35)15-21-24(28)31-27(29-25(21)33)39-26(30-31)18-5-3-2-4-6-18/h7-12,15-16,18,28H,2-6,13-14H2,1H3/b21-15-,28-24?. The van der Waals surface area contributed by atoms with Gasteiger partial charge in [-0.05, 0) is 60.5 Å². The first-order chi connectivity index (χ1) is 18.9. The van der Waals surface area contributed by atoms with Crippen LogP contribution in [0.1, 0.15) is 37.7 Å². The van der Waals surface area contributed by atoms with Crippen molar-refractivity contribution in [3.63, 3.8) is 0 Å². The van der Waals surface area contributed by atoms with Crippen molar-refractivity contribution in [1.82, 2.24) is 5.01 Å². The fraction of sp³-hybridized carbons (Fsp3) is 0.333. The number of nitro groups is 1. The Kier molecular flexibility index (Phi) is 7.92. The first-order valence-corrected chi connectivity index (χ1v) is 13.4. The van der Waals surface area contributed by atoms with Gasteiger partial charge in [0.25, 0.3) is 11.6 Å². The number of hydrogen-bond donors (Lipinski definition) is 1. The van der Waals surface area contributed by atoms with Crippen LogP contribution in [0, 0.1) is 21.4 Å². The first-order valence-electron chi connectivity index (χ1n) is 12.6. The Labute approximate surface area is 229 Å². The molecular formula is C27H27N5O6S. The lowest BCUT2D eigenvalue weighted by atomic mass is 9.90. The van der Waals surface area contributed by atoms with Gasteiger partial charge in [0.05, 0.1) is 17.6 Å². The highest BCUT2D eigenvalue weighted by molar-refractivity contribution is 8.27. The lowest BCUT2D eigenvalue weighted by molar-refractivity contribution is -0.384. The molecule has 0 saturated heterocycles. The van der Waals surface area contributed by atoms with E-state index in [9.17, 15) is 14.9 Å². The number of carbonyl (C=O) groups excluding carboxylic acids is 1. The van der Waals surface area contributed by atoms with Crippen LogP contribution in [-0.4, -0.2) is 52.2 Å². The molecule has 1 aliphatic carbocycles. The van der Waals surface area contributed by atoms with Gasteiger partial charge in [-0.2, -0.15) is 15.1 Å². The number of hydrazone groups is 1. The van der Waals surface area contributed by atoms with Crippen molar-refractivity contribution in [2.24, 2.45) is 16.0 Å². The first kappa shape index (κ1) is 26.4. The van der Waals surface area contributed by atoms with Gasteiger partial charge in [0, 0.05) is 18.1 Å². The second-order valence-corrected chi connectivity index (χ2v) is 10.1. The van der Waals surface area contributed by atoms with E-state index in [0.717, 1.165) is 17.9 Å². The van der Waals surface area contributed by atoms with Gasteiger partial charge in [0.15, 0.2) is 17.3 Å². The topological polar surface area (TPSA) is 140 Å². The molecule has 11 nitrogen and oxygen atoms in total. The Morgan fingerprint density at radius 3 is 2.56 bits per heavy atom. The molecule has 0 radical (unpaired) electrons. The highest BCUT2D eigenvalue weighted by atomic mass is 32.2. The molecule has 0 bridgehead atoms. The van der Waals surface area contributed by atoms with E-state index in [1.807, 2.05) is 0 Å². The molecule has 202 valence electrons. The minimum absolute atomic E-state index is 0.00555. The van der Waals surface area contributed by atoms with Gasteiger partial charge in [-0.3, -0.25) is 20.3 Å². The van der Waals surface area contributed by atoms with Crippen LogP contribution in [0.15, 0.2) is 58.1 Å². The number of hydrogen-bond acceptors (Lipinski definition) is 9. The SMILES string of the molecule is COc1cc(/C=C2/C(=N)N3N=C(C4CCCCC4)SC3=NC2=O)ccc1OCCOc1ccc([N+](=O)[O-])cc1. The minimum atomic E-state index is -0.471. The van der Waals surface area contributed by atoms with Crippen LogP contribution in [0.4, 0.5) is 5.69 Å². The molecule has 2 aliphatic heterocycles. The molecule has 39 heavy (non-hydrogen) atoms. The summed E-state index contributed by atoms with van der Waals surface area (Å²) < 4.78 is 16.8. The molecular weight excluding hydrogens is 522 g/mol. The molecule has 1 saturated carbocycles. The lowest BCUT2D eigenvalue weighted by Gasteiger charge is -2.20. The number of nitrogens with one attached hydrogen (secondary N) is 1. The van der Waals surface area contributed by atoms with Crippen molar-refractivity contribution >= 4 is 45.5 Å². The van der Waals surface area contributed by atoms with Crippen molar-refractivity contribution in [3.05, 3.63) is 63.7 Å². The van der Waals surface area contributed by atoms with Gasteiger partial charge in [0.2, 0.25) is 5.17 Å². The van der Waals surface area contributed by atoms with Crippen molar-refractivity contribution in [2.45, 2.75) is 32.1 Å². The largest absolute Gasteiger partial charge is 0.493 e. The van der Waals surface area contributed by atoms with Gasteiger partial charge in [-0.1, -0.05) is 25.3 Å². The van der Waals surface area contributed by atoms with E-state index in [4.69, 9.17) is 19.6 Å². The van der Waals surface area contributed by atoms with Gasteiger partial charge in [-0.25, -0.2) is 0 Å². The molecule has 1 amide bonds. The number of nitrogens with zero attached hydrogens (tertiary/aromatic N) is 4. The number of aliphatic imine (C=N–C) groups is 1. The zero-order chi connectivity index (χ0) is 27.4. The van der Waals surface area contributed by atoms with Gasteiger partial charge >= 0.3 is 0 Å². The maximum Gasteiger partial charge on any atom is 0.283 e. The number of carbonyl (C=O) groups is 1. The number of fused-ring (bicyclic) bond motifs is 1. The average Bonchev–Trinajstić information content (AvgIpc) is 3.38. The summed E-state index contributed by atoms with van der Waals surface area (Å²) >= 11 is 1.40. The van der Waals surface area contributed by atoms with E-state index in [2.05, 4.69) is 10.1 Å². The number of non-ortho nitro benzene ring substituents is 1. The average molecular weight is 550 g/mol. The quantitative estimate of drug-likeness (QED) is 0.193. The third-order valence-electron chi connectivity index (χ3n) is 6.58. The maximum atomic E-state index is 12.8. The van der Waals surface area contributed by atoms with Gasteiger partial charge in [0.1, 0.15) is 24.0 Å². The lowest BCUT2D eigenvalue weighted by Crippen LogP contribution is -2.35. The fourth-order valence-electron chi connectivity index (χ4n) is 4.56. The second-order valence-electron chi connectivity index (χ2n) is 9.15. The van der Waals surface area contributed by atoms with Gasteiger partial charge < -0.3 is 14.2 Å². The Hall–Kier alpha value is -4.19. The number of benzene rings is 2. The Morgan fingerprint density at radius 2 is 1.85 bits per heavy atom. The normalized spacial score (nSPS) is 18.5. The number of amidine groups is 2. The highest BCUT2D eigenvalue weighted by Crippen LogP contribution is 2.36. The molecule has 2 aromatic carbocycles. The molecule has 0 aromatic heterocycles. The van der Waals surface area contributed by atoms with E-state index in [1.165, 1.54) is 67.4 Å². The molecule has 5 rings (SSSR count).